The first kappa shape index (κ1) is 24.5. The number of anilines is 1. The maximum Gasteiger partial charge on any atom is 0.251 e. The molecule has 0 bridgehead atoms. The van der Waals surface area contributed by atoms with Crippen molar-refractivity contribution in [3.8, 4) is 11.5 Å². The highest BCUT2D eigenvalue weighted by atomic mass is 32.2. The Morgan fingerprint density at radius 2 is 1.84 bits per heavy atom. The van der Waals surface area contributed by atoms with Crippen molar-refractivity contribution in [2.75, 3.05) is 37.9 Å². The third kappa shape index (κ3) is 7.45. The summed E-state index contributed by atoms with van der Waals surface area (Å²) < 4.78 is 42.4. The van der Waals surface area contributed by atoms with Crippen molar-refractivity contribution in [2.24, 2.45) is 0 Å². The number of nitrogens with one attached hydrogen (secondary N) is 2. The molecule has 0 aliphatic rings. The van der Waals surface area contributed by atoms with Crippen molar-refractivity contribution in [3.05, 3.63) is 53.6 Å². The molecule has 1 unspecified atom stereocenters. The van der Waals surface area contributed by atoms with E-state index in [1.807, 2.05) is 19.1 Å². The van der Waals surface area contributed by atoms with Gasteiger partial charge in [0.15, 0.2) is 11.5 Å². The van der Waals surface area contributed by atoms with Gasteiger partial charge in [-0.3, -0.25) is 9.52 Å². The molecule has 170 valence electrons. The fourth-order valence-corrected chi connectivity index (χ4v) is 4.02. The minimum atomic E-state index is -3.43. The standard InChI is InChI=1S/C22H30N2O6S/c1-5-13-31(26,27)24-19-8-6-7-18(14-19)22(25)23-16(2)17-9-10-20(21(15-17)29-4)30-12-11-28-3/h6-10,14-16,24H,5,11-13H2,1-4H3,(H,23,25). The Balaban J connectivity index is 2.09. The van der Waals surface area contributed by atoms with Crippen LogP contribution in [0.3, 0.4) is 0 Å². The molecule has 1 atom stereocenters. The first-order valence-corrected chi connectivity index (χ1v) is 11.7. The number of hydrogen-bond acceptors (Lipinski definition) is 6. The summed E-state index contributed by atoms with van der Waals surface area (Å²) in [4.78, 5) is 12.7. The Kier molecular flexibility index (Phi) is 9.14. The summed E-state index contributed by atoms with van der Waals surface area (Å²) in [7, 11) is -0.276. The highest BCUT2D eigenvalue weighted by Crippen LogP contribution is 2.30. The Morgan fingerprint density at radius 3 is 2.52 bits per heavy atom. The van der Waals surface area contributed by atoms with E-state index >= 15 is 0 Å². The topological polar surface area (TPSA) is 103 Å². The normalized spacial score (nSPS) is 12.1. The number of amides is 1. The van der Waals surface area contributed by atoms with Crippen LogP contribution in [0, 0.1) is 0 Å². The number of carbonyl (C=O) groups is 1. The van der Waals surface area contributed by atoms with E-state index in [9.17, 15) is 13.2 Å². The molecular formula is C22H30N2O6S. The third-order valence-corrected chi connectivity index (χ3v) is 5.94. The van der Waals surface area contributed by atoms with Gasteiger partial charge in [-0.25, -0.2) is 8.42 Å². The van der Waals surface area contributed by atoms with Gasteiger partial charge in [-0.2, -0.15) is 0 Å². The van der Waals surface area contributed by atoms with Crippen LogP contribution < -0.4 is 19.5 Å². The SMILES string of the molecule is CCCS(=O)(=O)Nc1cccc(C(=O)NC(C)c2ccc(OCCOC)c(OC)c2)c1. The van der Waals surface area contributed by atoms with Gasteiger partial charge in [-0.05, 0) is 49.2 Å². The van der Waals surface area contributed by atoms with Crippen LogP contribution in [-0.4, -0.2) is 47.5 Å². The van der Waals surface area contributed by atoms with E-state index in [1.165, 1.54) is 6.07 Å². The zero-order valence-corrected chi connectivity index (χ0v) is 19.1. The molecule has 31 heavy (non-hydrogen) atoms. The maximum absolute atomic E-state index is 12.7. The summed E-state index contributed by atoms with van der Waals surface area (Å²) >= 11 is 0. The predicted octanol–water partition coefficient (Wildman–Crippen LogP) is 3.36. The van der Waals surface area contributed by atoms with E-state index in [-0.39, 0.29) is 17.7 Å². The molecule has 1 amide bonds. The Bertz CT molecular complexity index is 978. The monoisotopic (exact) mass is 450 g/mol. The highest BCUT2D eigenvalue weighted by molar-refractivity contribution is 7.92. The van der Waals surface area contributed by atoms with E-state index in [1.54, 1.807) is 45.4 Å². The first-order valence-electron chi connectivity index (χ1n) is 10.0. The summed E-state index contributed by atoms with van der Waals surface area (Å²) in [6, 6.07) is 11.5. The molecule has 0 fully saturated rings. The fourth-order valence-electron chi connectivity index (χ4n) is 2.89. The second-order valence-corrected chi connectivity index (χ2v) is 8.79. The molecule has 2 aromatic carbocycles. The van der Waals surface area contributed by atoms with Crippen LogP contribution >= 0.6 is 0 Å². The molecule has 0 aliphatic heterocycles. The van der Waals surface area contributed by atoms with E-state index in [2.05, 4.69) is 10.0 Å². The lowest BCUT2D eigenvalue weighted by Crippen LogP contribution is -2.27. The second kappa shape index (κ2) is 11.6. The molecule has 0 spiro atoms. The van der Waals surface area contributed by atoms with Crippen LogP contribution in [-0.2, 0) is 14.8 Å². The third-order valence-electron chi connectivity index (χ3n) is 4.45. The van der Waals surface area contributed by atoms with Crippen LogP contribution in [0.1, 0.15) is 42.2 Å². The largest absolute Gasteiger partial charge is 0.493 e. The molecule has 0 saturated carbocycles. The molecule has 8 nitrogen and oxygen atoms in total. The summed E-state index contributed by atoms with van der Waals surface area (Å²) in [6.45, 7) is 4.51. The van der Waals surface area contributed by atoms with Crippen molar-refractivity contribution in [2.45, 2.75) is 26.3 Å². The van der Waals surface area contributed by atoms with E-state index in [4.69, 9.17) is 14.2 Å². The lowest BCUT2D eigenvalue weighted by molar-refractivity contribution is 0.0940. The number of ether oxygens (including phenoxy) is 3. The zero-order chi connectivity index (χ0) is 22.9. The van der Waals surface area contributed by atoms with Gasteiger partial charge < -0.3 is 19.5 Å². The summed E-state index contributed by atoms with van der Waals surface area (Å²) in [5, 5.41) is 2.92. The van der Waals surface area contributed by atoms with Crippen LogP contribution in [0.2, 0.25) is 0 Å². The average molecular weight is 451 g/mol. The summed E-state index contributed by atoms with van der Waals surface area (Å²) in [5.41, 5.74) is 1.55. The molecule has 0 radical (unpaired) electrons. The zero-order valence-electron chi connectivity index (χ0n) is 18.3. The van der Waals surface area contributed by atoms with Gasteiger partial charge in [0.05, 0.1) is 25.5 Å². The first-order chi connectivity index (χ1) is 14.8. The minimum absolute atomic E-state index is 0.0213. The van der Waals surface area contributed by atoms with Crippen LogP contribution in [0.15, 0.2) is 42.5 Å². The average Bonchev–Trinajstić information content (AvgIpc) is 2.73. The molecule has 9 heteroatoms. The smallest absolute Gasteiger partial charge is 0.251 e. The molecule has 0 aromatic heterocycles. The lowest BCUT2D eigenvalue weighted by atomic mass is 10.1. The number of sulfonamides is 1. The highest BCUT2D eigenvalue weighted by Gasteiger charge is 2.16. The van der Waals surface area contributed by atoms with Gasteiger partial charge >= 0.3 is 0 Å². The van der Waals surface area contributed by atoms with Crippen LogP contribution in [0.25, 0.3) is 0 Å². The van der Waals surface area contributed by atoms with E-state index < -0.39 is 10.0 Å². The molecule has 2 rings (SSSR count). The fraction of sp³-hybridized carbons (Fsp3) is 0.409. The van der Waals surface area contributed by atoms with Gasteiger partial charge in [0, 0.05) is 18.4 Å². The van der Waals surface area contributed by atoms with Gasteiger partial charge in [0.25, 0.3) is 5.91 Å². The Morgan fingerprint density at radius 1 is 1.06 bits per heavy atom. The van der Waals surface area contributed by atoms with Gasteiger partial charge in [0.1, 0.15) is 6.61 Å². The van der Waals surface area contributed by atoms with E-state index in [0.29, 0.717) is 42.4 Å². The number of carbonyl (C=O) groups excluding carboxylic acids is 1. The van der Waals surface area contributed by atoms with E-state index in [0.717, 1.165) is 5.56 Å². The number of benzene rings is 2. The van der Waals surface area contributed by atoms with Crippen LogP contribution in [0.5, 0.6) is 11.5 Å². The number of methoxy groups -OCH3 is 2. The Labute approximate surface area is 184 Å². The summed E-state index contributed by atoms with van der Waals surface area (Å²) in [6.07, 6.45) is 0.507. The maximum atomic E-state index is 12.7. The van der Waals surface area contributed by atoms with Crippen LogP contribution in [0.4, 0.5) is 5.69 Å². The number of hydrogen-bond donors (Lipinski definition) is 2. The van der Waals surface area contributed by atoms with Gasteiger partial charge in [-0.1, -0.05) is 19.1 Å². The van der Waals surface area contributed by atoms with Crippen molar-refractivity contribution in [1.82, 2.24) is 5.32 Å². The molecule has 2 N–H and O–H groups in total. The molecular weight excluding hydrogens is 420 g/mol. The summed E-state index contributed by atoms with van der Waals surface area (Å²) in [5.74, 6) is 0.854. The number of rotatable bonds is 12. The quantitative estimate of drug-likeness (QED) is 0.481. The second-order valence-electron chi connectivity index (χ2n) is 6.95. The van der Waals surface area contributed by atoms with Crippen molar-refractivity contribution in [3.63, 3.8) is 0 Å². The predicted molar refractivity (Wildman–Crippen MR) is 120 cm³/mol. The van der Waals surface area contributed by atoms with Gasteiger partial charge in [-0.15, -0.1) is 0 Å². The molecule has 0 heterocycles. The van der Waals surface area contributed by atoms with Crippen molar-refractivity contribution in [1.29, 1.82) is 0 Å². The minimum Gasteiger partial charge on any atom is -0.493 e. The molecule has 2 aromatic rings. The van der Waals surface area contributed by atoms with Crippen molar-refractivity contribution >= 4 is 21.6 Å². The van der Waals surface area contributed by atoms with Gasteiger partial charge in [0.2, 0.25) is 10.0 Å². The lowest BCUT2D eigenvalue weighted by Gasteiger charge is -2.17. The molecule has 0 saturated heterocycles. The molecule has 0 aliphatic carbocycles. The Hall–Kier alpha value is -2.78. The van der Waals surface area contributed by atoms with Crippen molar-refractivity contribution < 1.29 is 27.4 Å².